The topological polar surface area (TPSA) is 64.3 Å². The fraction of sp³-hybridized carbons (Fsp3) is 0.381. The molecule has 0 aliphatic carbocycles. The molecule has 2 aliphatic heterocycles. The molecule has 0 radical (unpaired) electrons. The summed E-state index contributed by atoms with van der Waals surface area (Å²) in [5, 5.41) is 11.8. The van der Waals surface area contributed by atoms with Gasteiger partial charge in [0, 0.05) is 30.2 Å². The van der Waals surface area contributed by atoms with Gasteiger partial charge in [-0.05, 0) is 55.6 Å². The zero-order valence-corrected chi connectivity index (χ0v) is 15.6. The van der Waals surface area contributed by atoms with Gasteiger partial charge in [-0.25, -0.2) is 9.37 Å². The molecule has 0 amide bonds. The lowest BCUT2D eigenvalue weighted by molar-refractivity contribution is 0.356. The number of nitrogens with one attached hydrogen (secondary N) is 1. The van der Waals surface area contributed by atoms with E-state index in [0.717, 1.165) is 66.3 Å². The van der Waals surface area contributed by atoms with Crippen LogP contribution in [0, 0.1) is 5.82 Å². The van der Waals surface area contributed by atoms with E-state index in [1.165, 1.54) is 11.6 Å². The van der Waals surface area contributed by atoms with Crippen molar-refractivity contribution in [2.45, 2.75) is 32.1 Å². The highest BCUT2D eigenvalue weighted by molar-refractivity contribution is 5.75. The van der Waals surface area contributed by atoms with Gasteiger partial charge < -0.3 is 10.1 Å². The number of ether oxygens (including phenoxy) is 1. The van der Waals surface area contributed by atoms with Gasteiger partial charge in [-0.1, -0.05) is 6.08 Å². The van der Waals surface area contributed by atoms with E-state index in [1.807, 2.05) is 10.6 Å². The van der Waals surface area contributed by atoms with E-state index in [1.54, 1.807) is 12.4 Å². The highest BCUT2D eigenvalue weighted by Crippen LogP contribution is 2.31. The maximum atomic E-state index is 14.4. The van der Waals surface area contributed by atoms with Crippen LogP contribution in [0.25, 0.3) is 11.2 Å². The number of aromatic nitrogens is 4. The molecule has 1 N–H and O–H groups in total. The standard InChI is InChI=1S/C21H22FN5O/c22-18-4-5-19-16(8-11-28-19)15(18)3-6-20-24-12-17(21-26-25-13-27(20)21)14-2-1-9-23-10-7-14/h2,4-5,12-13,23H,1,3,6-11H2. The van der Waals surface area contributed by atoms with E-state index >= 15 is 0 Å². The number of rotatable bonds is 4. The predicted octanol–water partition coefficient (Wildman–Crippen LogP) is 2.75. The molecule has 0 spiro atoms. The third kappa shape index (κ3) is 3.05. The van der Waals surface area contributed by atoms with Crippen molar-refractivity contribution in [3.8, 4) is 5.75 Å². The van der Waals surface area contributed by atoms with Gasteiger partial charge in [0.2, 0.25) is 0 Å². The first kappa shape index (κ1) is 17.3. The molecule has 2 aromatic heterocycles. The normalized spacial score (nSPS) is 16.5. The summed E-state index contributed by atoms with van der Waals surface area (Å²) < 4.78 is 21.9. The lowest BCUT2D eigenvalue weighted by Gasteiger charge is -2.11. The minimum atomic E-state index is -0.169. The lowest BCUT2D eigenvalue weighted by atomic mass is 9.99. The molecular formula is C21H22FN5O. The number of benzene rings is 1. The van der Waals surface area contributed by atoms with Gasteiger partial charge in [0.05, 0.1) is 6.61 Å². The molecule has 0 bridgehead atoms. The minimum absolute atomic E-state index is 0.169. The summed E-state index contributed by atoms with van der Waals surface area (Å²) in [7, 11) is 0. The molecule has 28 heavy (non-hydrogen) atoms. The first-order valence-corrected chi connectivity index (χ1v) is 9.82. The third-order valence-electron chi connectivity index (χ3n) is 5.58. The molecule has 0 saturated heterocycles. The van der Waals surface area contributed by atoms with Crippen molar-refractivity contribution in [3.63, 3.8) is 0 Å². The summed E-state index contributed by atoms with van der Waals surface area (Å²) in [6.45, 7) is 2.57. The predicted molar refractivity (Wildman–Crippen MR) is 104 cm³/mol. The smallest absolute Gasteiger partial charge is 0.171 e. The maximum absolute atomic E-state index is 14.4. The molecule has 0 atom stereocenters. The van der Waals surface area contributed by atoms with Crippen LogP contribution in [0.5, 0.6) is 5.75 Å². The van der Waals surface area contributed by atoms with Crippen molar-refractivity contribution in [2.24, 2.45) is 0 Å². The fourth-order valence-electron chi connectivity index (χ4n) is 4.14. The molecule has 144 valence electrons. The molecule has 0 saturated carbocycles. The molecule has 3 aromatic rings. The number of halogens is 1. The van der Waals surface area contributed by atoms with E-state index < -0.39 is 0 Å². The summed E-state index contributed by atoms with van der Waals surface area (Å²) in [4.78, 5) is 4.69. The average Bonchev–Trinajstić information content (AvgIpc) is 3.31. The maximum Gasteiger partial charge on any atom is 0.171 e. The molecule has 5 rings (SSSR count). The highest BCUT2D eigenvalue weighted by Gasteiger charge is 2.20. The van der Waals surface area contributed by atoms with Crippen molar-refractivity contribution in [2.75, 3.05) is 19.7 Å². The molecule has 7 heteroatoms. The Hall–Kier alpha value is -2.80. The number of hydrogen-bond acceptors (Lipinski definition) is 5. The van der Waals surface area contributed by atoms with Crippen molar-refractivity contribution in [1.29, 1.82) is 0 Å². The Morgan fingerprint density at radius 3 is 3.11 bits per heavy atom. The van der Waals surface area contributed by atoms with E-state index in [-0.39, 0.29) is 5.82 Å². The Bertz CT molecular complexity index is 1060. The zero-order valence-electron chi connectivity index (χ0n) is 15.6. The van der Waals surface area contributed by atoms with E-state index in [0.29, 0.717) is 19.4 Å². The van der Waals surface area contributed by atoms with Crippen LogP contribution >= 0.6 is 0 Å². The summed E-state index contributed by atoms with van der Waals surface area (Å²) in [5.74, 6) is 1.48. The van der Waals surface area contributed by atoms with Crippen LogP contribution in [0.3, 0.4) is 0 Å². The molecule has 0 unspecified atom stereocenters. The molecule has 6 nitrogen and oxygen atoms in total. The van der Waals surface area contributed by atoms with E-state index in [4.69, 9.17) is 9.72 Å². The van der Waals surface area contributed by atoms with Crippen LogP contribution in [-0.2, 0) is 19.3 Å². The molecule has 1 aromatic carbocycles. The van der Waals surface area contributed by atoms with Gasteiger partial charge in [-0.3, -0.25) is 4.40 Å². The van der Waals surface area contributed by atoms with Gasteiger partial charge in [0.15, 0.2) is 5.65 Å². The van der Waals surface area contributed by atoms with Crippen LogP contribution in [0.2, 0.25) is 0 Å². The second-order valence-electron chi connectivity index (χ2n) is 7.23. The Kier molecular flexibility index (Phi) is 4.52. The van der Waals surface area contributed by atoms with Crippen molar-refractivity contribution >= 4 is 11.2 Å². The van der Waals surface area contributed by atoms with Crippen molar-refractivity contribution in [3.05, 3.63) is 59.1 Å². The first-order valence-electron chi connectivity index (χ1n) is 9.82. The van der Waals surface area contributed by atoms with E-state index in [9.17, 15) is 4.39 Å². The molecule has 4 heterocycles. The van der Waals surface area contributed by atoms with E-state index in [2.05, 4.69) is 21.6 Å². The first-order chi connectivity index (χ1) is 13.8. The summed E-state index contributed by atoms with van der Waals surface area (Å²) >= 11 is 0. The van der Waals surface area contributed by atoms with Crippen LogP contribution in [0.15, 0.2) is 30.7 Å². The van der Waals surface area contributed by atoms with Crippen LogP contribution in [0.4, 0.5) is 4.39 Å². The van der Waals surface area contributed by atoms with Crippen LogP contribution in [-0.4, -0.2) is 39.3 Å². The van der Waals surface area contributed by atoms with Gasteiger partial charge >= 0.3 is 0 Å². The quantitative estimate of drug-likeness (QED) is 0.755. The Morgan fingerprint density at radius 1 is 1.18 bits per heavy atom. The lowest BCUT2D eigenvalue weighted by Crippen LogP contribution is -2.14. The number of aryl methyl sites for hydroxylation is 1. The Labute approximate surface area is 162 Å². The number of hydrogen-bond donors (Lipinski definition) is 1. The minimum Gasteiger partial charge on any atom is -0.493 e. The van der Waals surface area contributed by atoms with Crippen molar-refractivity contribution < 1.29 is 9.13 Å². The summed E-state index contributed by atoms with van der Waals surface area (Å²) in [6, 6.07) is 3.22. The summed E-state index contributed by atoms with van der Waals surface area (Å²) in [5.41, 5.74) is 4.84. The Balaban J connectivity index is 1.45. The van der Waals surface area contributed by atoms with Gasteiger partial charge in [-0.2, -0.15) is 0 Å². The molecule has 0 fully saturated rings. The van der Waals surface area contributed by atoms with Gasteiger partial charge in [-0.15, -0.1) is 10.2 Å². The molecular weight excluding hydrogens is 357 g/mol. The fourth-order valence-corrected chi connectivity index (χ4v) is 4.14. The SMILES string of the molecule is Fc1ccc2c(c1CCc1ncc(C3=CCCNCC3)c3nncn13)CCO2. The third-order valence-corrected chi connectivity index (χ3v) is 5.58. The van der Waals surface area contributed by atoms with Gasteiger partial charge in [0.25, 0.3) is 0 Å². The second kappa shape index (κ2) is 7.31. The highest BCUT2D eigenvalue weighted by atomic mass is 19.1. The Morgan fingerprint density at radius 2 is 2.14 bits per heavy atom. The monoisotopic (exact) mass is 379 g/mol. The van der Waals surface area contributed by atoms with Crippen LogP contribution in [0.1, 0.15) is 35.4 Å². The number of fused-ring (bicyclic) bond motifs is 2. The van der Waals surface area contributed by atoms with Gasteiger partial charge in [0.1, 0.15) is 23.7 Å². The van der Waals surface area contributed by atoms with Crippen molar-refractivity contribution in [1.82, 2.24) is 24.9 Å². The zero-order chi connectivity index (χ0) is 18.9. The number of nitrogens with zero attached hydrogens (tertiary/aromatic N) is 4. The largest absolute Gasteiger partial charge is 0.493 e. The van der Waals surface area contributed by atoms with Crippen LogP contribution < -0.4 is 10.1 Å². The average molecular weight is 379 g/mol. The second-order valence-corrected chi connectivity index (χ2v) is 7.23. The summed E-state index contributed by atoms with van der Waals surface area (Å²) in [6.07, 6.45) is 9.75. The molecule has 2 aliphatic rings.